The van der Waals surface area contributed by atoms with E-state index in [-0.39, 0.29) is 11.0 Å². The smallest absolute Gasteiger partial charge is 0.367 e. The minimum atomic E-state index is -4.30. The zero-order valence-corrected chi connectivity index (χ0v) is 9.11. The summed E-state index contributed by atoms with van der Waals surface area (Å²) in [4.78, 5) is 31.7. The van der Waals surface area contributed by atoms with Crippen LogP contribution in [0.5, 0.6) is 0 Å². The van der Waals surface area contributed by atoms with Crippen LogP contribution in [0.25, 0.3) is 0 Å². The van der Waals surface area contributed by atoms with E-state index >= 15 is 0 Å². The molecule has 1 atom stereocenters. The van der Waals surface area contributed by atoms with Gasteiger partial charge in [-0.3, -0.25) is 9.36 Å². The van der Waals surface area contributed by atoms with E-state index in [0.717, 1.165) is 17.5 Å². The van der Waals surface area contributed by atoms with Crippen LogP contribution in [0.4, 0.5) is 0 Å². The Balaban J connectivity index is 2.78. The summed E-state index contributed by atoms with van der Waals surface area (Å²) in [5.41, 5.74) is 5.24. The summed E-state index contributed by atoms with van der Waals surface area (Å²) in [5.74, 6) is -1.18. The molecule has 7 nitrogen and oxygen atoms in total. The van der Waals surface area contributed by atoms with Crippen molar-refractivity contribution in [1.29, 1.82) is 0 Å². The quantitative estimate of drug-likeness (QED) is 0.499. The first-order valence-corrected chi connectivity index (χ1v) is 6.23. The highest BCUT2D eigenvalue weighted by molar-refractivity contribution is 7.67. The first kappa shape index (κ1) is 12.3. The molecule has 84 valence electrons. The number of thiazole rings is 1. The fraction of sp³-hybridized carbons (Fsp3) is 0.333. The molecular formula is C6H9N2O5PS. The van der Waals surface area contributed by atoms with Gasteiger partial charge in [0.15, 0.2) is 0 Å². The number of hydrogen-bond acceptors (Lipinski definition) is 5. The highest BCUT2D eigenvalue weighted by atomic mass is 32.1. The Morgan fingerprint density at radius 1 is 1.67 bits per heavy atom. The number of rotatable bonds is 4. The van der Waals surface area contributed by atoms with Crippen LogP contribution in [-0.2, 0) is 15.8 Å². The molecule has 9 heteroatoms. The van der Waals surface area contributed by atoms with Gasteiger partial charge in [0.25, 0.3) is 0 Å². The average Bonchev–Trinajstić information content (AvgIpc) is 2.51. The predicted molar refractivity (Wildman–Crippen MR) is 53.1 cm³/mol. The van der Waals surface area contributed by atoms with E-state index in [4.69, 9.17) is 20.6 Å². The van der Waals surface area contributed by atoms with Crippen LogP contribution < -0.4 is 10.4 Å². The number of aromatic nitrogens is 1. The lowest BCUT2D eigenvalue weighted by Crippen LogP contribution is -2.32. The van der Waals surface area contributed by atoms with Gasteiger partial charge < -0.3 is 20.6 Å². The van der Waals surface area contributed by atoms with Gasteiger partial charge in [-0.15, -0.1) is 11.3 Å². The lowest BCUT2D eigenvalue weighted by atomic mass is 10.2. The Labute approximate surface area is 88.7 Å². The Kier molecular flexibility index (Phi) is 3.58. The molecule has 0 bridgehead atoms. The molecule has 0 amide bonds. The second kappa shape index (κ2) is 4.38. The summed E-state index contributed by atoms with van der Waals surface area (Å²) in [5, 5.41) is 8.80. The van der Waals surface area contributed by atoms with Gasteiger partial charge in [0.1, 0.15) is 10.7 Å². The molecule has 0 radical (unpaired) electrons. The van der Waals surface area contributed by atoms with Crippen molar-refractivity contribution in [2.24, 2.45) is 5.73 Å². The van der Waals surface area contributed by atoms with E-state index < -0.39 is 19.6 Å². The topological polar surface area (TPSA) is 134 Å². The summed E-state index contributed by atoms with van der Waals surface area (Å²) in [6.45, 7) is 0. The zero-order valence-electron chi connectivity index (χ0n) is 7.40. The normalized spacial score (nSPS) is 13.8. The third kappa shape index (κ3) is 3.37. The first-order chi connectivity index (χ1) is 6.80. The molecule has 0 aliphatic heterocycles. The van der Waals surface area contributed by atoms with Crippen molar-refractivity contribution in [3.63, 3.8) is 0 Å². The van der Waals surface area contributed by atoms with Crippen molar-refractivity contribution in [3.8, 4) is 0 Å². The van der Waals surface area contributed by atoms with E-state index in [9.17, 15) is 9.36 Å². The summed E-state index contributed by atoms with van der Waals surface area (Å²) in [6, 6.07) is -1.11. The molecule has 15 heavy (non-hydrogen) atoms. The number of carbonyl (C=O) groups is 1. The lowest BCUT2D eigenvalue weighted by Gasteiger charge is -2.01. The van der Waals surface area contributed by atoms with Gasteiger partial charge in [0, 0.05) is 6.42 Å². The Bertz CT molecular complexity index is 413. The standard InChI is InChI=1S/C6H9N2O5PS/c7-3(6(9)10)1-4-8-2-5(15-4)14(11,12)13/h2-3H,1,7H2,(H,9,10)(H2,11,12,13)/t3-/m0/s1. The molecule has 5 N–H and O–H groups in total. The van der Waals surface area contributed by atoms with Gasteiger partial charge in [-0.1, -0.05) is 0 Å². The predicted octanol–water partition coefficient (Wildman–Crippen LogP) is -1.10. The van der Waals surface area contributed by atoms with E-state index in [0.29, 0.717) is 5.01 Å². The van der Waals surface area contributed by atoms with Gasteiger partial charge in [0.05, 0.1) is 11.2 Å². The zero-order chi connectivity index (χ0) is 11.6. The molecule has 1 aromatic rings. The molecule has 0 saturated carbocycles. The summed E-state index contributed by atoms with van der Waals surface area (Å²) in [6.07, 6.45) is 0.995. The van der Waals surface area contributed by atoms with Crippen molar-refractivity contribution in [1.82, 2.24) is 4.98 Å². The van der Waals surface area contributed by atoms with Crippen molar-refractivity contribution in [3.05, 3.63) is 11.2 Å². The second-order valence-corrected chi connectivity index (χ2v) is 5.77. The molecule has 0 aliphatic carbocycles. The number of aliphatic carboxylic acids is 1. The van der Waals surface area contributed by atoms with Gasteiger partial charge in [0.2, 0.25) is 0 Å². The molecule has 0 fully saturated rings. The average molecular weight is 252 g/mol. The number of nitrogens with two attached hydrogens (primary N) is 1. The number of hydrogen-bond donors (Lipinski definition) is 4. The van der Waals surface area contributed by atoms with Crippen LogP contribution in [0, 0.1) is 0 Å². The minimum absolute atomic E-state index is 0.0417. The highest BCUT2D eigenvalue weighted by Gasteiger charge is 2.22. The molecule has 0 aliphatic rings. The van der Waals surface area contributed by atoms with Gasteiger partial charge in [-0.05, 0) is 0 Å². The Morgan fingerprint density at radius 3 is 2.67 bits per heavy atom. The van der Waals surface area contributed by atoms with E-state index in [1.165, 1.54) is 0 Å². The van der Waals surface area contributed by atoms with E-state index in [1.54, 1.807) is 0 Å². The van der Waals surface area contributed by atoms with E-state index in [2.05, 4.69) is 4.98 Å². The van der Waals surface area contributed by atoms with Crippen molar-refractivity contribution in [2.45, 2.75) is 12.5 Å². The van der Waals surface area contributed by atoms with Crippen LogP contribution in [0.15, 0.2) is 6.20 Å². The summed E-state index contributed by atoms with van der Waals surface area (Å²) in [7, 11) is -4.30. The van der Waals surface area contributed by atoms with Crippen LogP contribution in [0.3, 0.4) is 0 Å². The minimum Gasteiger partial charge on any atom is -0.480 e. The molecule has 0 saturated heterocycles. The summed E-state index contributed by atoms with van der Waals surface area (Å²) < 4.78 is 10.6. The number of nitrogens with zero attached hydrogens (tertiary/aromatic N) is 1. The lowest BCUT2D eigenvalue weighted by molar-refractivity contribution is -0.138. The molecule has 1 rings (SSSR count). The van der Waals surface area contributed by atoms with Crippen LogP contribution in [-0.4, -0.2) is 31.9 Å². The molecular weight excluding hydrogens is 243 g/mol. The molecule has 0 aromatic carbocycles. The Morgan fingerprint density at radius 2 is 2.27 bits per heavy atom. The van der Waals surface area contributed by atoms with Crippen LogP contribution in [0.2, 0.25) is 0 Å². The number of carboxylic acid groups (broad SMARTS) is 1. The third-order valence-corrected chi connectivity index (χ3v) is 4.04. The van der Waals surface area contributed by atoms with Gasteiger partial charge >= 0.3 is 13.6 Å². The highest BCUT2D eigenvalue weighted by Crippen LogP contribution is 2.35. The van der Waals surface area contributed by atoms with Crippen molar-refractivity contribution in [2.75, 3.05) is 0 Å². The molecule has 0 unspecified atom stereocenters. The van der Waals surface area contributed by atoms with Crippen LogP contribution >= 0.6 is 18.9 Å². The first-order valence-electron chi connectivity index (χ1n) is 3.80. The second-order valence-electron chi connectivity index (χ2n) is 2.79. The fourth-order valence-electron chi connectivity index (χ4n) is 0.805. The molecule has 1 aromatic heterocycles. The maximum absolute atomic E-state index is 10.8. The molecule has 1 heterocycles. The van der Waals surface area contributed by atoms with Gasteiger partial charge in [-0.2, -0.15) is 0 Å². The largest absolute Gasteiger partial charge is 0.480 e. The maximum Gasteiger partial charge on any atom is 0.367 e. The summed E-state index contributed by atoms with van der Waals surface area (Å²) >= 11 is 0.768. The SMILES string of the molecule is N[C@@H](Cc1ncc(P(=O)(O)O)s1)C(=O)O. The van der Waals surface area contributed by atoms with Crippen molar-refractivity contribution >= 4 is 29.5 Å². The third-order valence-electron chi connectivity index (χ3n) is 1.54. The number of carboxylic acids is 1. The van der Waals surface area contributed by atoms with Gasteiger partial charge in [-0.25, -0.2) is 4.98 Å². The molecule has 0 spiro atoms. The van der Waals surface area contributed by atoms with Crippen molar-refractivity contribution < 1.29 is 24.3 Å². The van der Waals surface area contributed by atoms with E-state index in [1.807, 2.05) is 0 Å². The van der Waals surface area contributed by atoms with Crippen LogP contribution in [0.1, 0.15) is 5.01 Å². The maximum atomic E-state index is 10.8. The Hall–Kier alpha value is -0.790. The fourth-order valence-corrected chi connectivity index (χ4v) is 2.52. The monoisotopic (exact) mass is 252 g/mol.